The third-order valence-electron chi connectivity index (χ3n) is 4.40. The maximum Gasteiger partial charge on any atom is 0.233 e. The number of thiophene rings is 1. The second kappa shape index (κ2) is 8.52. The van der Waals surface area contributed by atoms with Crippen LogP contribution in [0.2, 0.25) is 0 Å². The summed E-state index contributed by atoms with van der Waals surface area (Å²) in [6.45, 7) is 2.86. The molecule has 3 heterocycles. The fourth-order valence-electron chi connectivity index (χ4n) is 2.92. The van der Waals surface area contributed by atoms with Crippen LogP contribution >= 0.6 is 11.3 Å². The van der Waals surface area contributed by atoms with Crippen molar-refractivity contribution in [1.29, 1.82) is 0 Å². The highest BCUT2D eigenvalue weighted by Gasteiger charge is 2.15. The standard InChI is InChI=1S/C21H18FN5O3S/c1-2-27-10-15(25-11-27)18-8-14-21(31-18)17(5-6-24-14)30-16-4-3-12(7-13(16)22)26-20(29)9-19(23)28/h3-8,10-11H,2,9H2,1H3,(H2,23,28)(H,26,29). The van der Waals surface area contributed by atoms with E-state index in [1.54, 1.807) is 18.6 Å². The average molecular weight is 439 g/mol. The minimum atomic E-state index is -0.767. The first-order valence-corrected chi connectivity index (χ1v) is 10.2. The van der Waals surface area contributed by atoms with Crippen molar-refractivity contribution in [2.75, 3.05) is 5.32 Å². The lowest BCUT2D eigenvalue weighted by atomic mass is 10.2. The van der Waals surface area contributed by atoms with E-state index in [1.165, 1.54) is 23.5 Å². The van der Waals surface area contributed by atoms with Gasteiger partial charge in [0.25, 0.3) is 0 Å². The molecule has 0 spiro atoms. The summed E-state index contributed by atoms with van der Waals surface area (Å²) in [5, 5.41) is 2.41. The van der Waals surface area contributed by atoms with Crippen LogP contribution in [0.15, 0.2) is 49.1 Å². The molecule has 10 heteroatoms. The highest BCUT2D eigenvalue weighted by molar-refractivity contribution is 7.22. The Balaban J connectivity index is 1.58. The number of halogens is 1. The quantitative estimate of drug-likeness (QED) is 0.424. The Kier molecular flexibility index (Phi) is 5.63. The summed E-state index contributed by atoms with van der Waals surface area (Å²) in [7, 11) is 0. The van der Waals surface area contributed by atoms with Gasteiger partial charge in [-0.25, -0.2) is 9.37 Å². The summed E-state index contributed by atoms with van der Waals surface area (Å²) in [6, 6.07) is 7.58. The maximum atomic E-state index is 14.6. The molecule has 0 saturated heterocycles. The number of rotatable bonds is 7. The van der Waals surface area contributed by atoms with E-state index in [0.29, 0.717) is 5.75 Å². The summed E-state index contributed by atoms with van der Waals surface area (Å²) in [5.74, 6) is -1.60. The lowest BCUT2D eigenvalue weighted by Crippen LogP contribution is -2.21. The molecule has 0 bridgehead atoms. The Morgan fingerprint density at radius 1 is 1.23 bits per heavy atom. The summed E-state index contributed by atoms with van der Waals surface area (Å²) in [4.78, 5) is 32.1. The van der Waals surface area contributed by atoms with E-state index in [2.05, 4.69) is 15.3 Å². The third-order valence-corrected chi connectivity index (χ3v) is 5.56. The van der Waals surface area contributed by atoms with Crippen molar-refractivity contribution in [3.8, 4) is 22.1 Å². The molecule has 0 fully saturated rings. The van der Waals surface area contributed by atoms with Gasteiger partial charge in [0.1, 0.15) is 12.2 Å². The number of anilines is 1. The molecule has 0 aliphatic carbocycles. The predicted molar refractivity (Wildman–Crippen MR) is 115 cm³/mol. The molecule has 4 rings (SSSR count). The number of hydrogen-bond acceptors (Lipinski definition) is 6. The molecule has 0 aliphatic heterocycles. The first kappa shape index (κ1) is 20.5. The van der Waals surface area contributed by atoms with Crippen LogP contribution in [0.1, 0.15) is 13.3 Å². The van der Waals surface area contributed by atoms with Crippen LogP contribution < -0.4 is 15.8 Å². The van der Waals surface area contributed by atoms with E-state index in [-0.39, 0.29) is 11.4 Å². The summed E-state index contributed by atoms with van der Waals surface area (Å²) in [5.41, 5.74) is 6.72. The van der Waals surface area contributed by atoms with Gasteiger partial charge in [0.2, 0.25) is 11.8 Å². The van der Waals surface area contributed by atoms with Gasteiger partial charge >= 0.3 is 0 Å². The number of nitrogens with two attached hydrogens (primary N) is 1. The maximum absolute atomic E-state index is 14.6. The van der Waals surface area contributed by atoms with Gasteiger partial charge in [0, 0.05) is 36.8 Å². The predicted octanol–water partition coefficient (Wildman–Crippen LogP) is 3.93. The topological polar surface area (TPSA) is 112 Å². The summed E-state index contributed by atoms with van der Waals surface area (Å²) < 4.78 is 23.1. The second-order valence-electron chi connectivity index (χ2n) is 6.66. The highest BCUT2D eigenvalue weighted by atomic mass is 32.1. The van der Waals surface area contributed by atoms with Crippen molar-refractivity contribution in [1.82, 2.24) is 14.5 Å². The number of imidazole rings is 1. The lowest BCUT2D eigenvalue weighted by Gasteiger charge is -2.09. The molecule has 3 N–H and O–H groups in total. The van der Waals surface area contributed by atoms with Crippen LogP contribution in [0.4, 0.5) is 10.1 Å². The second-order valence-corrected chi connectivity index (χ2v) is 7.71. The molecule has 2 amide bonds. The van der Waals surface area contributed by atoms with E-state index >= 15 is 0 Å². The Morgan fingerprint density at radius 2 is 2.06 bits per heavy atom. The molecule has 31 heavy (non-hydrogen) atoms. The molecule has 8 nitrogen and oxygen atoms in total. The van der Waals surface area contributed by atoms with Gasteiger partial charge in [-0.1, -0.05) is 0 Å². The van der Waals surface area contributed by atoms with E-state index in [9.17, 15) is 14.0 Å². The van der Waals surface area contributed by atoms with Crippen molar-refractivity contribution in [3.05, 3.63) is 54.9 Å². The number of aryl methyl sites for hydroxylation is 1. The van der Waals surface area contributed by atoms with E-state index in [0.717, 1.165) is 33.4 Å². The molecule has 1 aromatic carbocycles. The molecular formula is C21H18FN5O3S. The fraction of sp³-hybridized carbons (Fsp3) is 0.143. The van der Waals surface area contributed by atoms with Gasteiger partial charge in [-0.2, -0.15) is 0 Å². The average Bonchev–Trinajstić information content (AvgIpc) is 3.36. The molecule has 158 valence electrons. The Labute approximate surface area is 180 Å². The van der Waals surface area contributed by atoms with Gasteiger partial charge in [-0.15, -0.1) is 11.3 Å². The number of aromatic nitrogens is 3. The fourth-order valence-corrected chi connectivity index (χ4v) is 3.95. The van der Waals surface area contributed by atoms with Crippen LogP contribution in [0, 0.1) is 5.82 Å². The zero-order valence-corrected chi connectivity index (χ0v) is 17.3. The van der Waals surface area contributed by atoms with Crippen molar-refractivity contribution < 1.29 is 18.7 Å². The first-order chi connectivity index (χ1) is 14.9. The first-order valence-electron chi connectivity index (χ1n) is 9.39. The zero-order valence-electron chi connectivity index (χ0n) is 16.5. The molecule has 0 saturated carbocycles. The number of nitrogens with zero attached hydrogens (tertiary/aromatic N) is 3. The van der Waals surface area contributed by atoms with Crippen LogP contribution in [0.3, 0.4) is 0 Å². The lowest BCUT2D eigenvalue weighted by molar-refractivity contribution is -0.124. The number of primary amides is 1. The molecule has 4 aromatic rings. The number of hydrogen-bond donors (Lipinski definition) is 2. The highest BCUT2D eigenvalue weighted by Crippen LogP contribution is 2.39. The zero-order chi connectivity index (χ0) is 22.0. The number of amides is 2. The Hall–Kier alpha value is -3.79. The molecule has 3 aromatic heterocycles. The number of nitrogens with one attached hydrogen (secondary N) is 1. The number of carbonyl (C=O) groups is 2. The van der Waals surface area contributed by atoms with Crippen LogP contribution in [-0.4, -0.2) is 26.3 Å². The minimum absolute atomic E-state index is 0.00869. The molecular weight excluding hydrogens is 421 g/mol. The SMILES string of the molecule is CCn1cnc(-c2cc3nccc(Oc4ccc(NC(=O)CC(N)=O)cc4F)c3s2)c1. The van der Waals surface area contributed by atoms with Crippen LogP contribution in [0.25, 0.3) is 20.8 Å². The van der Waals surface area contributed by atoms with Crippen molar-refractivity contribution in [3.63, 3.8) is 0 Å². The molecule has 0 unspecified atom stereocenters. The van der Waals surface area contributed by atoms with Gasteiger partial charge < -0.3 is 20.4 Å². The van der Waals surface area contributed by atoms with Gasteiger partial charge in [-0.05, 0) is 25.1 Å². The normalized spacial score (nSPS) is 10.9. The number of carbonyl (C=O) groups excluding carboxylic acids is 2. The summed E-state index contributed by atoms with van der Waals surface area (Å²) >= 11 is 1.46. The van der Waals surface area contributed by atoms with Crippen molar-refractivity contribution in [2.45, 2.75) is 19.9 Å². The van der Waals surface area contributed by atoms with Gasteiger partial charge in [0.15, 0.2) is 11.6 Å². The smallest absolute Gasteiger partial charge is 0.233 e. The Bertz CT molecular complexity index is 1280. The Morgan fingerprint density at radius 3 is 2.77 bits per heavy atom. The third kappa shape index (κ3) is 4.53. The number of pyridine rings is 1. The van der Waals surface area contributed by atoms with Crippen LogP contribution in [-0.2, 0) is 16.1 Å². The van der Waals surface area contributed by atoms with Crippen molar-refractivity contribution >= 4 is 39.1 Å². The van der Waals surface area contributed by atoms with Crippen LogP contribution in [0.5, 0.6) is 11.5 Å². The van der Waals surface area contributed by atoms with Gasteiger partial charge in [0.05, 0.1) is 27.1 Å². The van der Waals surface area contributed by atoms with Crippen molar-refractivity contribution in [2.24, 2.45) is 5.73 Å². The van der Waals surface area contributed by atoms with E-state index in [1.807, 2.05) is 23.8 Å². The molecule has 0 aliphatic rings. The van der Waals surface area contributed by atoms with E-state index in [4.69, 9.17) is 10.5 Å². The summed E-state index contributed by atoms with van der Waals surface area (Å²) in [6.07, 6.45) is 4.83. The number of fused-ring (bicyclic) bond motifs is 1. The molecule has 0 radical (unpaired) electrons. The van der Waals surface area contributed by atoms with Gasteiger partial charge in [-0.3, -0.25) is 14.6 Å². The monoisotopic (exact) mass is 439 g/mol. The minimum Gasteiger partial charge on any atom is -0.453 e. The largest absolute Gasteiger partial charge is 0.453 e. The molecule has 0 atom stereocenters. The number of ether oxygens (including phenoxy) is 1. The van der Waals surface area contributed by atoms with E-state index < -0.39 is 24.1 Å². The number of benzene rings is 1.